The summed E-state index contributed by atoms with van der Waals surface area (Å²) >= 11 is 13.2. The molecular weight excluding hydrogens is 399 g/mol. The number of hydrogen-bond acceptors (Lipinski definition) is 5. The van der Waals surface area contributed by atoms with E-state index in [1.807, 2.05) is 16.8 Å². The Morgan fingerprint density at radius 1 is 1.23 bits per heavy atom. The van der Waals surface area contributed by atoms with Gasteiger partial charge in [-0.15, -0.1) is 0 Å². The highest BCUT2D eigenvalue weighted by Gasteiger charge is 2.15. The summed E-state index contributed by atoms with van der Waals surface area (Å²) in [4.78, 5) is 37.1. The number of likely N-dealkylation sites (N-methyl/N-ethyl adjacent to an activating group) is 1. The number of halogens is 2. The van der Waals surface area contributed by atoms with Crippen LogP contribution in [0.2, 0.25) is 10.0 Å². The molecular formula is C17H16Cl2N2O4S. The van der Waals surface area contributed by atoms with Gasteiger partial charge in [0.15, 0.2) is 6.61 Å². The maximum absolute atomic E-state index is 12.0. The maximum Gasteiger partial charge on any atom is 0.325 e. The number of carbonyl (C=O) groups excluding carboxylic acids is 3. The topological polar surface area (TPSA) is 75.7 Å². The number of amides is 2. The largest absolute Gasteiger partial charge is 0.454 e. The van der Waals surface area contributed by atoms with Gasteiger partial charge in [-0.05, 0) is 40.6 Å². The quantitative estimate of drug-likeness (QED) is 0.706. The van der Waals surface area contributed by atoms with E-state index in [9.17, 15) is 14.4 Å². The predicted molar refractivity (Wildman–Crippen MR) is 101 cm³/mol. The van der Waals surface area contributed by atoms with Gasteiger partial charge in [-0.2, -0.15) is 11.3 Å². The first-order valence-electron chi connectivity index (χ1n) is 7.50. The van der Waals surface area contributed by atoms with Gasteiger partial charge in [0, 0.05) is 18.6 Å². The Kier molecular flexibility index (Phi) is 7.44. The molecule has 2 rings (SSSR count). The number of rotatable bonds is 7. The van der Waals surface area contributed by atoms with Crippen LogP contribution >= 0.6 is 34.5 Å². The number of hydrogen-bond donors (Lipinski definition) is 1. The van der Waals surface area contributed by atoms with Crippen LogP contribution < -0.4 is 5.32 Å². The average Bonchev–Trinajstić information content (AvgIpc) is 3.10. The third-order valence-corrected chi connectivity index (χ3v) is 4.63. The van der Waals surface area contributed by atoms with Crippen LogP contribution in [0, 0.1) is 0 Å². The summed E-state index contributed by atoms with van der Waals surface area (Å²) in [6.45, 7) is -0.331. The van der Waals surface area contributed by atoms with Gasteiger partial charge < -0.3 is 15.0 Å². The first kappa shape index (κ1) is 20.2. The van der Waals surface area contributed by atoms with Crippen LogP contribution in [0.4, 0.5) is 0 Å². The zero-order valence-corrected chi connectivity index (χ0v) is 16.2. The van der Waals surface area contributed by atoms with Crippen molar-refractivity contribution in [2.24, 2.45) is 0 Å². The molecule has 1 N–H and O–H groups in total. The number of benzene rings is 1. The van der Waals surface area contributed by atoms with Crippen molar-refractivity contribution in [2.75, 3.05) is 20.2 Å². The van der Waals surface area contributed by atoms with Crippen LogP contribution in [0.5, 0.6) is 0 Å². The molecule has 0 saturated heterocycles. The fourth-order valence-corrected chi connectivity index (χ4v) is 3.12. The molecule has 0 aliphatic rings. The SMILES string of the molecule is CN(Cc1ccsc1)C(=O)COC(=O)CNC(=O)c1ccc(Cl)cc1Cl. The highest BCUT2D eigenvalue weighted by molar-refractivity contribution is 7.07. The normalized spacial score (nSPS) is 10.3. The van der Waals surface area contributed by atoms with Gasteiger partial charge in [0.1, 0.15) is 6.54 Å². The molecule has 1 heterocycles. The van der Waals surface area contributed by atoms with Crippen molar-refractivity contribution < 1.29 is 19.1 Å². The minimum atomic E-state index is -0.722. The molecule has 0 unspecified atom stereocenters. The van der Waals surface area contributed by atoms with E-state index in [1.165, 1.54) is 23.1 Å². The van der Waals surface area contributed by atoms with Gasteiger partial charge in [-0.3, -0.25) is 14.4 Å². The first-order chi connectivity index (χ1) is 12.4. The third kappa shape index (κ3) is 6.01. The molecule has 2 amide bonds. The molecule has 0 spiro atoms. The molecule has 0 atom stereocenters. The number of ether oxygens (including phenoxy) is 1. The Labute approximate surface area is 164 Å². The van der Waals surface area contributed by atoms with Gasteiger partial charge in [0.05, 0.1) is 10.6 Å². The second-order valence-corrected chi connectivity index (χ2v) is 6.97. The Bertz CT molecular complexity index is 796. The molecule has 1 aromatic heterocycles. The van der Waals surface area contributed by atoms with Crippen molar-refractivity contribution >= 4 is 52.3 Å². The smallest absolute Gasteiger partial charge is 0.325 e. The van der Waals surface area contributed by atoms with E-state index in [4.69, 9.17) is 27.9 Å². The zero-order valence-electron chi connectivity index (χ0n) is 13.8. The summed E-state index contributed by atoms with van der Waals surface area (Å²) in [7, 11) is 1.62. The Morgan fingerprint density at radius 2 is 2.00 bits per heavy atom. The highest BCUT2D eigenvalue weighted by atomic mass is 35.5. The molecule has 0 bridgehead atoms. The highest BCUT2D eigenvalue weighted by Crippen LogP contribution is 2.20. The number of nitrogens with one attached hydrogen (secondary N) is 1. The summed E-state index contributed by atoms with van der Waals surface area (Å²) in [5.74, 6) is -1.60. The molecule has 26 heavy (non-hydrogen) atoms. The molecule has 9 heteroatoms. The predicted octanol–water partition coefficient (Wildman–Crippen LogP) is 2.99. The number of nitrogens with zero attached hydrogens (tertiary/aromatic N) is 1. The fraction of sp³-hybridized carbons (Fsp3) is 0.235. The van der Waals surface area contributed by atoms with Gasteiger partial charge in [-0.1, -0.05) is 23.2 Å². The van der Waals surface area contributed by atoms with Crippen LogP contribution in [0.25, 0.3) is 0 Å². The summed E-state index contributed by atoms with van der Waals surface area (Å²) in [6.07, 6.45) is 0. The molecule has 138 valence electrons. The van der Waals surface area contributed by atoms with Crippen LogP contribution in [0.1, 0.15) is 15.9 Å². The number of carbonyl (C=O) groups is 3. The van der Waals surface area contributed by atoms with Crippen LogP contribution in [0.3, 0.4) is 0 Å². The van der Waals surface area contributed by atoms with Crippen molar-refractivity contribution in [3.05, 3.63) is 56.2 Å². The standard InChI is InChI=1S/C17H16Cl2N2O4S/c1-21(8-11-4-5-26-10-11)15(22)9-25-16(23)7-20-17(24)13-3-2-12(18)6-14(13)19/h2-6,10H,7-9H2,1H3,(H,20,24). The number of thiophene rings is 1. The Hall–Kier alpha value is -2.09. The molecule has 0 aliphatic carbocycles. The number of esters is 1. The Balaban J connectivity index is 1.74. The van der Waals surface area contributed by atoms with E-state index in [2.05, 4.69) is 5.32 Å². The van der Waals surface area contributed by atoms with Gasteiger partial charge in [0.2, 0.25) is 0 Å². The van der Waals surface area contributed by atoms with Crippen LogP contribution in [0.15, 0.2) is 35.0 Å². The van der Waals surface area contributed by atoms with Crippen molar-refractivity contribution in [1.82, 2.24) is 10.2 Å². The molecule has 0 radical (unpaired) electrons. The molecule has 0 saturated carbocycles. The van der Waals surface area contributed by atoms with Crippen LogP contribution in [-0.2, 0) is 20.9 Å². The van der Waals surface area contributed by atoms with Gasteiger partial charge in [-0.25, -0.2) is 0 Å². The summed E-state index contributed by atoms with van der Waals surface area (Å²) in [5, 5.41) is 6.82. The van der Waals surface area contributed by atoms with E-state index < -0.39 is 18.5 Å². The van der Waals surface area contributed by atoms with E-state index in [0.717, 1.165) is 5.56 Å². The summed E-state index contributed by atoms with van der Waals surface area (Å²) < 4.78 is 4.88. The van der Waals surface area contributed by atoms with Crippen LogP contribution in [-0.4, -0.2) is 42.9 Å². The van der Waals surface area contributed by atoms with Crippen molar-refractivity contribution in [2.45, 2.75) is 6.54 Å². The monoisotopic (exact) mass is 414 g/mol. The van der Waals surface area contributed by atoms with E-state index >= 15 is 0 Å². The van der Waals surface area contributed by atoms with Crippen molar-refractivity contribution in [3.63, 3.8) is 0 Å². The van der Waals surface area contributed by atoms with Crippen molar-refractivity contribution in [1.29, 1.82) is 0 Å². The molecule has 0 fully saturated rings. The van der Waals surface area contributed by atoms with Gasteiger partial charge >= 0.3 is 5.97 Å². The molecule has 2 aromatic rings. The second-order valence-electron chi connectivity index (χ2n) is 5.35. The lowest BCUT2D eigenvalue weighted by Crippen LogP contribution is -2.34. The van der Waals surface area contributed by atoms with E-state index in [-0.39, 0.29) is 23.0 Å². The zero-order chi connectivity index (χ0) is 19.1. The Morgan fingerprint density at radius 3 is 2.65 bits per heavy atom. The van der Waals surface area contributed by atoms with E-state index in [1.54, 1.807) is 18.4 Å². The van der Waals surface area contributed by atoms with Gasteiger partial charge in [0.25, 0.3) is 11.8 Å². The average molecular weight is 415 g/mol. The second kappa shape index (κ2) is 9.56. The first-order valence-corrected chi connectivity index (χ1v) is 9.20. The minimum absolute atomic E-state index is 0.175. The fourth-order valence-electron chi connectivity index (χ4n) is 1.97. The van der Waals surface area contributed by atoms with E-state index in [0.29, 0.717) is 11.6 Å². The molecule has 1 aromatic carbocycles. The summed E-state index contributed by atoms with van der Waals surface area (Å²) in [5.41, 5.74) is 1.19. The van der Waals surface area contributed by atoms with Crippen molar-refractivity contribution in [3.8, 4) is 0 Å². The lowest BCUT2D eigenvalue weighted by atomic mass is 10.2. The third-order valence-electron chi connectivity index (χ3n) is 3.35. The lowest BCUT2D eigenvalue weighted by molar-refractivity contribution is -0.150. The summed E-state index contributed by atoms with van der Waals surface area (Å²) in [6, 6.07) is 6.31. The lowest BCUT2D eigenvalue weighted by Gasteiger charge is -2.16. The maximum atomic E-state index is 12.0. The molecule has 0 aliphatic heterocycles. The molecule has 6 nitrogen and oxygen atoms in total. The minimum Gasteiger partial charge on any atom is -0.454 e.